The first-order chi connectivity index (χ1) is 16.6. The number of rotatable bonds is 5. The zero-order valence-electron chi connectivity index (χ0n) is 19.2. The first-order valence-electron chi connectivity index (χ1n) is 10.8. The van der Waals surface area contributed by atoms with Gasteiger partial charge in [-0.2, -0.15) is 9.46 Å². The maximum Gasteiger partial charge on any atom is 0.286 e. The second-order valence-corrected chi connectivity index (χ2v) is 11.3. The fourth-order valence-electron chi connectivity index (χ4n) is 4.25. The van der Waals surface area contributed by atoms with Crippen LogP contribution in [0.3, 0.4) is 0 Å². The predicted molar refractivity (Wildman–Crippen MR) is 124 cm³/mol. The van der Waals surface area contributed by atoms with E-state index >= 15 is 0 Å². The molecule has 1 amide bonds. The van der Waals surface area contributed by atoms with E-state index in [1.165, 1.54) is 47.8 Å². The smallest absolute Gasteiger partial charge is 0.286 e. The summed E-state index contributed by atoms with van der Waals surface area (Å²) < 4.78 is 48.6. The molecule has 5 rings (SSSR count). The molecule has 2 fully saturated rings. The number of hydrogen-bond acceptors (Lipinski definition) is 9. The SMILES string of the molecule is Cc1c(C(=O)N=S(C)(C)=O)cn2ncnc(Nc3ccc(F)cc3O[C@@H]3CO[C@H]4[C@@H]3OC[C@H]4O)c12. The maximum absolute atomic E-state index is 14.1. The highest BCUT2D eigenvalue weighted by molar-refractivity contribution is 7.92. The Morgan fingerprint density at radius 3 is 2.86 bits per heavy atom. The molecular weight excluding hydrogens is 481 g/mol. The Balaban J connectivity index is 1.48. The van der Waals surface area contributed by atoms with Crippen molar-refractivity contribution in [2.45, 2.75) is 31.3 Å². The van der Waals surface area contributed by atoms with Crippen LogP contribution in [0.4, 0.5) is 15.9 Å². The maximum atomic E-state index is 14.1. The summed E-state index contributed by atoms with van der Waals surface area (Å²) in [5, 5.41) is 17.3. The van der Waals surface area contributed by atoms with Crippen LogP contribution in [0, 0.1) is 12.7 Å². The molecule has 0 bridgehead atoms. The molecule has 2 saturated heterocycles. The summed E-state index contributed by atoms with van der Waals surface area (Å²) >= 11 is 0. The monoisotopic (exact) mass is 505 g/mol. The minimum Gasteiger partial charge on any atom is -0.483 e. The van der Waals surface area contributed by atoms with Gasteiger partial charge in [-0.05, 0) is 24.6 Å². The van der Waals surface area contributed by atoms with Gasteiger partial charge in [0.15, 0.2) is 11.9 Å². The lowest BCUT2D eigenvalue weighted by molar-refractivity contribution is 0.00871. The van der Waals surface area contributed by atoms with Gasteiger partial charge in [0.25, 0.3) is 5.91 Å². The van der Waals surface area contributed by atoms with Crippen LogP contribution >= 0.6 is 0 Å². The van der Waals surface area contributed by atoms with Crippen LogP contribution in [0.25, 0.3) is 5.52 Å². The van der Waals surface area contributed by atoms with Crippen molar-refractivity contribution in [1.82, 2.24) is 14.6 Å². The van der Waals surface area contributed by atoms with Gasteiger partial charge in [-0.1, -0.05) is 0 Å². The predicted octanol–water partition coefficient (Wildman–Crippen LogP) is 1.69. The number of anilines is 2. The molecule has 0 radical (unpaired) electrons. The molecule has 1 aromatic carbocycles. The van der Waals surface area contributed by atoms with Gasteiger partial charge >= 0.3 is 0 Å². The van der Waals surface area contributed by atoms with Gasteiger partial charge in [0.05, 0.1) is 24.5 Å². The normalized spacial score (nSPS) is 23.9. The molecule has 11 nitrogen and oxygen atoms in total. The summed E-state index contributed by atoms with van der Waals surface area (Å²) in [4.78, 5) is 16.9. The molecule has 4 heterocycles. The minimum atomic E-state index is -2.64. The van der Waals surface area contributed by atoms with Gasteiger partial charge in [-0.3, -0.25) is 4.79 Å². The molecule has 2 aromatic heterocycles. The van der Waals surface area contributed by atoms with Gasteiger partial charge < -0.3 is 24.6 Å². The van der Waals surface area contributed by atoms with Crippen LogP contribution in [0.1, 0.15) is 15.9 Å². The Hall–Kier alpha value is -3.13. The second-order valence-electron chi connectivity index (χ2n) is 8.73. The summed E-state index contributed by atoms with van der Waals surface area (Å²) in [6, 6.07) is 4.01. The summed E-state index contributed by atoms with van der Waals surface area (Å²) in [7, 11) is -2.64. The van der Waals surface area contributed by atoms with Gasteiger partial charge in [0.2, 0.25) is 0 Å². The van der Waals surface area contributed by atoms with Gasteiger partial charge in [0.1, 0.15) is 41.7 Å². The second kappa shape index (κ2) is 8.82. The number of carbonyl (C=O) groups is 1. The molecule has 0 unspecified atom stereocenters. The van der Waals surface area contributed by atoms with E-state index < -0.39 is 45.9 Å². The molecule has 35 heavy (non-hydrogen) atoms. The zero-order chi connectivity index (χ0) is 24.9. The topological polar surface area (TPSA) is 137 Å². The number of nitrogens with zero attached hydrogens (tertiary/aromatic N) is 4. The van der Waals surface area contributed by atoms with Crippen LogP contribution in [0.5, 0.6) is 5.75 Å². The minimum absolute atomic E-state index is 0.147. The first-order valence-corrected chi connectivity index (χ1v) is 13.1. The van der Waals surface area contributed by atoms with E-state index in [1.807, 2.05) is 0 Å². The van der Waals surface area contributed by atoms with Gasteiger partial charge in [0, 0.05) is 34.5 Å². The van der Waals surface area contributed by atoms with E-state index in [4.69, 9.17) is 14.2 Å². The summed E-state index contributed by atoms with van der Waals surface area (Å²) in [5.74, 6) is -0.574. The molecule has 0 spiro atoms. The van der Waals surface area contributed by atoms with E-state index in [0.717, 1.165) is 0 Å². The van der Waals surface area contributed by atoms with Crippen molar-refractivity contribution in [3.05, 3.63) is 47.7 Å². The molecular formula is C22H24FN5O6S. The Morgan fingerprint density at radius 1 is 1.31 bits per heavy atom. The highest BCUT2D eigenvalue weighted by Gasteiger charge is 2.48. The van der Waals surface area contributed by atoms with Crippen molar-refractivity contribution < 1.29 is 32.7 Å². The molecule has 0 aliphatic carbocycles. The highest BCUT2D eigenvalue weighted by Crippen LogP contribution is 2.35. The summed E-state index contributed by atoms with van der Waals surface area (Å²) in [6.45, 7) is 2.04. The van der Waals surface area contributed by atoms with Crippen LogP contribution in [-0.4, -0.2) is 80.0 Å². The zero-order valence-corrected chi connectivity index (χ0v) is 20.0. The highest BCUT2D eigenvalue weighted by atomic mass is 32.2. The van der Waals surface area contributed by atoms with Crippen LogP contribution in [0.2, 0.25) is 0 Å². The van der Waals surface area contributed by atoms with Crippen LogP contribution in [-0.2, 0) is 19.2 Å². The van der Waals surface area contributed by atoms with Crippen molar-refractivity contribution >= 4 is 32.7 Å². The molecule has 4 atom stereocenters. The van der Waals surface area contributed by atoms with Crippen LogP contribution < -0.4 is 10.1 Å². The van der Waals surface area contributed by atoms with Gasteiger partial charge in [-0.25, -0.2) is 18.1 Å². The summed E-state index contributed by atoms with van der Waals surface area (Å²) in [5.41, 5.74) is 1.69. The van der Waals surface area contributed by atoms with E-state index in [0.29, 0.717) is 22.6 Å². The third-order valence-electron chi connectivity index (χ3n) is 5.82. The largest absolute Gasteiger partial charge is 0.483 e. The lowest BCUT2D eigenvalue weighted by Gasteiger charge is -2.20. The third-order valence-corrected chi connectivity index (χ3v) is 6.42. The Morgan fingerprint density at radius 2 is 2.09 bits per heavy atom. The molecule has 13 heteroatoms. The number of aliphatic hydroxyl groups excluding tert-OH is 1. The number of carbonyl (C=O) groups excluding carboxylic acids is 1. The number of aliphatic hydroxyl groups is 1. The average molecular weight is 506 g/mol. The quantitative estimate of drug-likeness (QED) is 0.531. The van der Waals surface area contributed by atoms with E-state index in [1.54, 1.807) is 6.92 Å². The molecule has 0 saturated carbocycles. The Kier molecular flexibility index (Phi) is 5.95. The molecule has 2 aliphatic rings. The van der Waals surface area contributed by atoms with Crippen molar-refractivity contribution in [3.63, 3.8) is 0 Å². The van der Waals surface area contributed by atoms with Crippen molar-refractivity contribution in [3.8, 4) is 5.75 Å². The summed E-state index contributed by atoms with van der Waals surface area (Å²) in [6.07, 6.45) is 3.33. The number of benzene rings is 1. The number of ether oxygens (including phenoxy) is 3. The number of amides is 1. The van der Waals surface area contributed by atoms with Crippen molar-refractivity contribution in [1.29, 1.82) is 0 Å². The number of nitrogens with one attached hydrogen (secondary N) is 1. The van der Waals surface area contributed by atoms with E-state index in [-0.39, 0.29) is 24.5 Å². The number of halogens is 1. The number of aryl methyl sites for hydroxylation is 1. The van der Waals surface area contributed by atoms with Gasteiger partial charge in [-0.15, -0.1) is 0 Å². The third kappa shape index (κ3) is 4.59. The Bertz CT molecular complexity index is 1430. The lowest BCUT2D eigenvalue weighted by atomic mass is 10.1. The van der Waals surface area contributed by atoms with Crippen molar-refractivity contribution in [2.75, 3.05) is 31.0 Å². The number of fused-ring (bicyclic) bond motifs is 2. The van der Waals surface area contributed by atoms with Crippen LogP contribution in [0.15, 0.2) is 35.1 Å². The first kappa shape index (κ1) is 23.6. The van der Waals surface area contributed by atoms with Crippen molar-refractivity contribution in [2.24, 2.45) is 4.36 Å². The Labute approximate surface area is 200 Å². The van der Waals surface area contributed by atoms with E-state index in [2.05, 4.69) is 19.8 Å². The standard InChI is InChI=1S/C22H24FN5O6S/c1-11-13(22(30)27-35(2,3)31)7-28-18(11)21(24-10-25-28)26-14-5-4-12(23)6-16(14)34-17-9-33-19-15(29)8-32-20(17)19/h4-7,10,15,17,19-20,29H,8-9H2,1-3H3,(H,24,25,26)/t15-,17-,19-,20-/m1/s1. The molecule has 2 aliphatic heterocycles. The molecule has 2 N–H and O–H groups in total. The fraction of sp³-hybridized carbons (Fsp3) is 0.409. The fourth-order valence-corrected chi connectivity index (χ4v) is 4.75. The molecule has 3 aromatic rings. The van der Waals surface area contributed by atoms with E-state index in [9.17, 15) is 18.5 Å². The number of hydrogen-bond donors (Lipinski definition) is 2. The average Bonchev–Trinajstić information content (AvgIpc) is 3.45. The number of aromatic nitrogens is 3. The molecule has 186 valence electrons. The lowest BCUT2D eigenvalue weighted by Crippen LogP contribution is -2.34.